The van der Waals surface area contributed by atoms with Crippen molar-refractivity contribution >= 4 is 39.6 Å². The maximum absolute atomic E-state index is 11.5. The molecule has 100 valence electrons. The lowest BCUT2D eigenvalue weighted by Crippen LogP contribution is -2.29. The van der Waals surface area contributed by atoms with Crippen LogP contribution in [-0.2, 0) is 0 Å². The fourth-order valence-corrected chi connectivity index (χ4v) is 2.44. The summed E-state index contributed by atoms with van der Waals surface area (Å²) in [6, 6.07) is 12.9. The molecule has 0 fully saturated rings. The topological polar surface area (TPSA) is 81.1 Å². The number of nitrogens with one attached hydrogen (secondary N) is 1. The van der Waals surface area contributed by atoms with Crippen molar-refractivity contribution in [1.82, 2.24) is 10.4 Å². The third-order valence-corrected chi connectivity index (χ3v) is 3.52. The van der Waals surface area contributed by atoms with Crippen molar-refractivity contribution in [1.29, 1.82) is 0 Å². The van der Waals surface area contributed by atoms with Crippen LogP contribution in [0.3, 0.4) is 0 Å². The van der Waals surface area contributed by atoms with Gasteiger partial charge in [0, 0.05) is 14.7 Å². The second-order valence-electron chi connectivity index (χ2n) is 4.19. The molecule has 0 aliphatic rings. The van der Waals surface area contributed by atoms with Crippen LogP contribution in [-0.4, -0.2) is 10.9 Å². The summed E-state index contributed by atoms with van der Waals surface area (Å²) in [7, 11) is 0. The van der Waals surface area contributed by atoms with Gasteiger partial charge in [0.1, 0.15) is 5.52 Å². The van der Waals surface area contributed by atoms with Crippen LogP contribution in [0.2, 0.25) is 0 Å². The van der Waals surface area contributed by atoms with Gasteiger partial charge in [0.25, 0.3) is 5.91 Å². The zero-order chi connectivity index (χ0) is 14.1. The highest BCUT2D eigenvalue weighted by Gasteiger charge is 2.11. The molecule has 0 bridgehead atoms. The summed E-state index contributed by atoms with van der Waals surface area (Å²) in [6.07, 6.45) is 0. The van der Waals surface area contributed by atoms with Gasteiger partial charge >= 0.3 is 0 Å². The zero-order valence-electron chi connectivity index (χ0n) is 10.3. The number of amides is 1. The first-order chi connectivity index (χ1) is 9.67. The van der Waals surface area contributed by atoms with Crippen molar-refractivity contribution in [2.75, 3.05) is 0 Å². The maximum Gasteiger partial charge on any atom is 0.265 e. The number of hydrogen-bond acceptors (Lipinski definition) is 4. The first-order valence-electron chi connectivity index (χ1n) is 5.85. The molecule has 0 aliphatic heterocycles. The van der Waals surface area contributed by atoms with E-state index in [-0.39, 0.29) is 5.91 Å². The van der Waals surface area contributed by atoms with Crippen LogP contribution in [0.25, 0.3) is 22.6 Å². The lowest BCUT2D eigenvalue weighted by molar-refractivity contribution is 0.0954. The van der Waals surface area contributed by atoms with Crippen molar-refractivity contribution in [2.45, 2.75) is 0 Å². The Morgan fingerprint density at radius 1 is 1.25 bits per heavy atom. The van der Waals surface area contributed by atoms with E-state index in [1.54, 1.807) is 18.2 Å². The summed E-state index contributed by atoms with van der Waals surface area (Å²) in [5.41, 5.74) is 4.70. The van der Waals surface area contributed by atoms with Crippen LogP contribution in [0.5, 0.6) is 0 Å². The van der Waals surface area contributed by atoms with E-state index in [0.29, 0.717) is 22.6 Å². The Labute approximate surface area is 128 Å². The molecular formula is C14H10IN3O2. The zero-order valence-corrected chi connectivity index (χ0v) is 12.4. The average molecular weight is 379 g/mol. The van der Waals surface area contributed by atoms with E-state index < -0.39 is 0 Å². The molecule has 1 aromatic heterocycles. The normalized spacial score (nSPS) is 10.7. The lowest BCUT2D eigenvalue weighted by Gasteiger charge is -1.97. The van der Waals surface area contributed by atoms with Gasteiger partial charge in [-0.05, 0) is 59.0 Å². The molecule has 0 spiro atoms. The number of carbonyl (C=O) groups excluding carboxylic acids is 1. The Balaban J connectivity index is 2.09. The summed E-state index contributed by atoms with van der Waals surface area (Å²) < 4.78 is 6.80. The molecule has 0 radical (unpaired) electrons. The molecule has 5 nitrogen and oxygen atoms in total. The summed E-state index contributed by atoms with van der Waals surface area (Å²) in [5.74, 6) is 5.29. The highest BCUT2D eigenvalue weighted by molar-refractivity contribution is 14.1. The summed E-state index contributed by atoms with van der Waals surface area (Å²) in [5, 5.41) is 0. The molecule has 1 amide bonds. The standard InChI is InChI=1S/C14H10IN3O2/c15-10-3-1-2-9(6-10)14-17-11-7-8(13(19)18-16)4-5-12(11)20-14/h1-7H,16H2,(H,18,19). The third kappa shape index (κ3) is 2.39. The van der Waals surface area contributed by atoms with E-state index in [4.69, 9.17) is 10.3 Å². The van der Waals surface area contributed by atoms with E-state index in [2.05, 4.69) is 33.0 Å². The Morgan fingerprint density at radius 3 is 2.85 bits per heavy atom. The highest BCUT2D eigenvalue weighted by atomic mass is 127. The number of hydrogen-bond donors (Lipinski definition) is 2. The Kier molecular flexibility index (Phi) is 3.41. The Morgan fingerprint density at radius 2 is 2.10 bits per heavy atom. The van der Waals surface area contributed by atoms with Gasteiger partial charge in [-0.15, -0.1) is 0 Å². The molecule has 0 aliphatic carbocycles. The van der Waals surface area contributed by atoms with Crippen molar-refractivity contribution in [3.05, 3.63) is 51.6 Å². The van der Waals surface area contributed by atoms with Crippen LogP contribution in [0.1, 0.15) is 10.4 Å². The molecule has 0 saturated carbocycles. The molecule has 3 rings (SSSR count). The first kappa shape index (κ1) is 13.1. The molecule has 3 N–H and O–H groups in total. The van der Waals surface area contributed by atoms with Gasteiger partial charge in [-0.2, -0.15) is 0 Å². The number of nitrogens with zero attached hydrogens (tertiary/aromatic N) is 1. The fraction of sp³-hybridized carbons (Fsp3) is 0. The number of nitrogens with two attached hydrogens (primary N) is 1. The predicted octanol–water partition coefficient (Wildman–Crippen LogP) is 2.70. The quantitative estimate of drug-likeness (QED) is 0.311. The first-order valence-corrected chi connectivity index (χ1v) is 6.93. The SMILES string of the molecule is NNC(=O)c1ccc2oc(-c3cccc(I)c3)nc2c1. The van der Waals surface area contributed by atoms with Crippen molar-refractivity contribution < 1.29 is 9.21 Å². The van der Waals surface area contributed by atoms with Gasteiger partial charge in [-0.1, -0.05) is 6.07 Å². The van der Waals surface area contributed by atoms with Gasteiger partial charge in [0.15, 0.2) is 5.58 Å². The van der Waals surface area contributed by atoms with Crippen LogP contribution in [0.15, 0.2) is 46.9 Å². The van der Waals surface area contributed by atoms with E-state index >= 15 is 0 Å². The molecule has 0 unspecified atom stereocenters. The van der Waals surface area contributed by atoms with Crippen LogP contribution in [0.4, 0.5) is 0 Å². The van der Waals surface area contributed by atoms with Crippen molar-refractivity contribution in [3.63, 3.8) is 0 Å². The van der Waals surface area contributed by atoms with Gasteiger partial charge in [-0.3, -0.25) is 10.2 Å². The molecule has 20 heavy (non-hydrogen) atoms. The van der Waals surface area contributed by atoms with Gasteiger partial charge in [-0.25, -0.2) is 10.8 Å². The van der Waals surface area contributed by atoms with Gasteiger partial charge in [0.05, 0.1) is 0 Å². The number of hydrazine groups is 1. The summed E-state index contributed by atoms with van der Waals surface area (Å²) in [4.78, 5) is 15.9. The van der Waals surface area contributed by atoms with Gasteiger partial charge < -0.3 is 4.42 Å². The van der Waals surface area contributed by atoms with E-state index in [1.807, 2.05) is 24.3 Å². The van der Waals surface area contributed by atoms with Crippen molar-refractivity contribution in [2.24, 2.45) is 5.84 Å². The third-order valence-electron chi connectivity index (χ3n) is 2.85. The van der Waals surface area contributed by atoms with Crippen LogP contribution in [0, 0.1) is 3.57 Å². The number of fused-ring (bicyclic) bond motifs is 1. The number of nitrogen functional groups attached to an aromatic ring is 1. The molecule has 0 saturated heterocycles. The number of carbonyl (C=O) groups is 1. The fourth-order valence-electron chi connectivity index (χ4n) is 1.90. The largest absolute Gasteiger partial charge is 0.436 e. The molecular weight excluding hydrogens is 369 g/mol. The maximum atomic E-state index is 11.5. The molecule has 0 atom stereocenters. The lowest BCUT2D eigenvalue weighted by atomic mass is 10.2. The minimum Gasteiger partial charge on any atom is -0.436 e. The summed E-state index contributed by atoms with van der Waals surface area (Å²) in [6.45, 7) is 0. The average Bonchev–Trinajstić information content (AvgIpc) is 2.89. The molecule has 2 aromatic carbocycles. The Hall–Kier alpha value is -1.93. The second-order valence-corrected chi connectivity index (χ2v) is 5.43. The number of aromatic nitrogens is 1. The smallest absolute Gasteiger partial charge is 0.265 e. The van der Waals surface area contributed by atoms with Crippen molar-refractivity contribution in [3.8, 4) is 11.5 Å². The number of rotatable bonds is 2. The van der Waals surface area contributed by atoms with Gasteiger partial charge in [0.2, 0.25) is 5.89 Å². The molecule has 6 heteroatoms. The van der Waals surface area contributed by atoms with E-state index in [1.165, 1.54) is 0 Å². The number of oxazole rings is 1. The molecule has 3 aromatic rings. The minimum atomic E-state index is -0.356. The molecule has 1 heterocycles. The monoisotopic (exact) mass is 379 g/mol. The van der Waals surface area contributed by atoms with E-state index in [0.717, 1.165) is 9.13 Å². The van der Waals surface area contributed by atoms with Crippen LogP contribution >= 0.6 is 22.6 Å². The Bertz CT molecular complexity index is 798. The predicted molar refractivity (Wildman–Crippen MR) is 83.8 cm³/mol. The second kappa shape index (κ2) is 5.22. The number of halogens is 1. The number of benzene rings is 2. The van der Waals surface area contributed by atoms with E-state index in [9.17, 15) is 4.79 Å². The minimum absolute atomic E-state index is 0.356. The highest BCUT2D eigenvalue weighted by Crippen LogP contribution is 2.25. The summed E-state index contributed by atoms with van der Waals surface area (Å²) >= 11 is 2.23. The van der Waals surface area contributed by atoms with Crippen LogP contribution < -0.4 is 11.3 Å².